The first-order chi connectivity index (χ1) is 8.04. The van der Waals surface area contributed by atoms with Crippen LogP contribution in [0.2, 0.25) is 0 Å². The Morgan fingerprint density at radius 2 is 2.12 bits per heavy atom. The zero-order chi connectivity index (χ0) is 12.8. The van der Waals surface area contributed by atoms with E-state index < -0.39 is 0 Å². The van der Waals surface area contributed by atoms with Crippen molar-refractivity contribution in [3.8, 4) is 0 Å². The highest BCUT2D eigenvalue weighted by Crippen LogP contribution is 2.18. The standard InChI is InChI=1S/C12H22N2O3/c1-9(12(16)13-10-6-7-10)14(2)8-4-5-11(15)17-3/h9-10H,4-8H2,1-3H3,(H,13,16). The number of nitrogens with zero attached hydrogens (tertiary/aromatic N) is 1. The van der Waals surface area contributed by atoms with Gasteiger partial charge in [0.1, 0.15) is 0 Å². The van der Waals surface area contributed by atoms with Gasteiger partial charge in [-0.3, -0.25) is 14.5 Å². The molecule has 1 unspecified atom stereocenters. The number of likely N-dealkylation sites (N-methyl/N-ethyl adjacent to an activating group) is 1. The predicted molar refractivity (Wildman–Crippen MR) is 64.5 cm³/mol. The summed E-state index contributed by atoms with van der Waals surface area (Å²) in [5, 5.41) is 2.97. The second-order valence-corrected chi connectivity index (χ2v) is 4.62. The molecule has 0 heterocycles. The summed E-state index contributed by atoms with van der Waals surface area (Å²) >= 11 is 0. The lowest BCUT2D eigenvalue weighted by Crippen LogP contribution is -2.44. The van der Waals surface area contributed by atoms with Gasteiger partial charge in [-0.2, -0.15) is 0 Å². The lowest BCUT2D eigenvalue weighted by molar-refractivity contribution is -0.140. The highest BCUT2D eigenvalue weighted by molar-refractivity contribution is 5.81. The van der Waals surface area contributed by atoms with E-state index in [1.54, 1.807) is 0 Å². The van der Waals surface area contributed by atoms with Crippen LogP contribution in [0, 0.1) is 0 Å². The summed E-state index contributed by atoms with van der Waals surface area (Å²) in [4.78, 5) is 24.6. The number of esters is 1. The third-order valence-corrected chi connectivity index (χ3v) is 3.08. The number of rotatable bonds is 7. The highest BCUT2D eigenvalue weighted by atomic mass is 16.5. The van der Waals surface area contributed by atoms with Crippen molar-refractivity contribution in [1.82, 2.24) is 10.2 Å². The Balaban J connectivity index is 2.18. The van der Waals surface area contributed by atoms with E-state index >= 15 is 0 Å². The summed E-state index contributed by atoms with van der Waals surface area (Å²) in [7, 11) is 3.28. The Morgan fingerprint density at radius 3 is 2.65 bits per heavy atom. The van der Waals surface area contributed by atoms with Gasteiger partial charge in [-0.05, 0) is 39.8 Å². The zero-order valence-corrected chi connectivity index (χ0v) is 10.9. The first-order valence-corrected chi connectivity index (χ1v) is 6.12. The first-order valence-electron chi connectivity index (χ1n) is 6.12. The Kier molecular flexibility index (Phi) is 5.41. The van der Waals surface area contributed by atoms with E-state index in [4.69, 9.17) is 0 Å². The molecule has 1 amide bonds. The van der Waals surface area contributed by atoms with Crippen molar-refractivity contribution in [3.63, 3.8) is 0 Å². The molecule has 1 aliphatic rings. The van der Waals surface area contributed by atoms with E-state index in [2.05, 4.69) is 10.1 Å². The molecule has 5 heteroatoms. The molecule has 1 saturated carbocycles. The maximum absolute atomic E-state index is 11.7. The van der Waals surface area contributed by atoms with Gasteiger partial charge >= 0.3 is 5.97 Å². The first kappa shape index (κ1) is 14.0. The fourth-order valence-electron chi connectivity index (χ4n) is 1.52. The molecule has 1 N–H and O–H groups in total. The quantitative estimate of drug-likeness (QED) is 0.662. The van der Waals surface area contributed by atoms with Crippen LogP contribution >= 0.6 is 0 Å². The van der Waals surface area contributed by atoms with Crippen LogP contribution in [-0.2, 0) is 14.3 Å². The third-order valence-electron chi connectivity index (χ3n) is 3.08. The summed E-state index contributed by atoms with van der Waals surface area (Å²) in [6.07, 6.45) is 3.32. The van der Waals surface area contributed by atoms with Crippen LogP contribution in [0.4, 0.5) is 0 Å². The van der Waals surface area contributed by atoms with E-state index in [9.17, 15) is 9.59 Å². The van der Waals surface area contributed by atoms with Gasteiger partial charge < -0.3 is 10.1 Å². The Morgan fingerprint density at radius 1 is 1.47 bits per heavy atom. The van der Waals surface area contributed by atoms with Crippen molar-refractivity contribution in [2.45, 2.75) is 44.7 Å². The number of ether oxygens (including phenoxy) is 1. The van der Waals surface area contributed by atoms with E-state index in [-0.39, 0.29) is 17.9 Å². The molecule has 98 valence electrons. The molecular weight excluding hydrogens is 220 g/mol. The fourth-order valence-corrected chi connectivity index (χ4v) is 1.52. The van der Waals surface area contributed by atoms with Crippen molar-refractivity contribution in [1.29, 1.82) is 0 Å². The second-order valence-electron chi connectivity index (χ2n) is 4.62. The van der Waals surface area contributed by atoms with Gasteiger partial charge in [-0.15, -0.1) is 0 Å². The monoisotopic (exact) mass is 242 g/mol. The molecule has 0 aromatic carbocycles. The fraction of sp³-hybridized carbons (Fsp3) is 0.833. The maximum atomic E-state index is 11.7. The van der Waals surface area contributed by atoms with Crippen LogP contribution < -0.4 is 5.32 Å². The van der Waals surface area contributed by atoms with Gasteiger partial charge in [0.2, 0.25) is 5.91 Å². The average molecular weight is 242 g/mol. The van der Waals surface area contributed by atoms with Gasteiger partial charge in [0.25, 0.3) is 0 Å². The molecule has 5 nitrogen and oxygen atoms in total. The molecule has 0 aliphatic heterocycles. The molecule has 1 aliphatic carbocycles. The summed E-state index contributed by atoms with van der Waals surface area (Å²) in [6, 6.07) is 0.252. The number of carbonyl (C=O) groups is 2. The minimum Gasteiger partial charge on any atom is -0.469 e. The molecule has 0 bridgehead atoms. The van der Waals surface area contributed by atoms with Crippen LogP contribution in [-0.4, -0.2) is 49.6 Å². The third kappa shape index (κ3) is 5.17. The maximum Gasteiger partial charge on any atom is 0.305 e. The molecule has 1 fully saturated rings. The van der Waals surface area contributed by atoms with Gasteiger partial charge in [0.05, 0.1) is 13.2 Å². The molecule has 0 radical (unpaired) electrons. The normalized spacial score (nSPS) is 16.7. The molecule has 0 aromatic rings. The lowest BCUT2D eigenvalue weighted by Gasteiger charge is -2.23. The van der Waals surface area contributed by atoms with Gasteiger partial charge in [-0.25, -0.2) is 0 Å². The number of amides is 1. The predicted octanol–water partition coefficient (Wildman–Crippen LogP) is 0.539. The van der Waals surface area contributed by atoms with Crippen molar-refractivity contribution >= 4 is 11.9 Å². The molecule has 0 saturated heterocycles. The van der Waals surface area contributed by atoms with Crippen molar-refractivity contribution in [2.24, 2.45) is 0 Å². The molecule has 0 aromatic heterocycles. The van der Waals surface area contributed by atoms with Crippen LogP contribution in [0.3, 0.4) is 0 Å². The minimum absolute atomic E-state index is 0.0769. The van der Waals surface area contributed by atoms with Gasteiger partial charge in [0, 0.05) is 12.5 Å². The largest absolute Gasteiger partial charge is 0.469 e. The average Bonchev–Trinajstić information content (AvgIpc) is 3.11. The Labute approximate surface area is 102 Å². The van der Waals surface area contributed by atoms with Crippen LogP contribution in [0.25, 0.3) is 0 Å². The van der Waals surface area contributed by atoms with Crippen molar-refractivity contribution in [2.75, 3.05) is 20.7 Å². The Hall–Kier alpha value is -1.10. The van der Waals surface area contributed by atoms with Crippen LogP contribution in [0.5, 0.6) is 0 Å². The minimum atomic E-state index is -0.200. The van der Waals surface area contributed by atoms with E-state index in [1.165, 1.54) is 7.11 Å². The summed E-state index contributed by atoms with van der Waals surface area (Å²) in [5.74, 6) is -0.124. The smallest absolute Gasteiger partial charge is 0.305 e. The molecule has 1 rings (SSSR count). The molecule has 17 heavy (non-hydrogen) atoms. The molecular formula is C12H22N2O3. The van der Waals surface area contributed by atoms with Crippen molar-refractivity contribution < 1.29 is 14.3 Å². The van der Waals surface area contributed by atoms with Gasteiger partial charge in [-0.1, -0.05) is 0 Å². The lowest BCUT2D eigenvalue weighted by atomic mass is 10.2. The molecule has 1 atom stereocenters. The summed E-state index contributed by atoms with van der Waals surface area (Å²) < 4.78 is 4.56. The zero-order valence-electron chi connectivity index (χ0n) is 10.9. The van der Waals surface area contributed by atoms with E-state index in [1.807, 2.05) is 18.9 Å². The highest BCUT2D eigenvalue weighted by Gasteiger charge is 2.26. The number of nitrogens with one attached hydrogen (secondary N) is 1. The van der Waals surface area contributed by atoms with Crippen molar-refractivity contribution in [3.05, 3.63) is 0 Å². The van der Waals surface area contributed by atoms with Crippen LogP contribution in [0.1, 0.15) is 32.6 Å². The van der Waals surface area contributed by atoms with Gasteiger partial charge in [0.15, 0.2) is 0 Å². The van der Waals surface area contributed by atoms with E-state index in [0.29, 0.717) is 25.4 Å². The Bertz CT molecular complexity index is 277. The SMILES string of the molecule is COC(=O)CCCN(C)C(C)C(=O)NC1CC1. The number of hydrogen-bond donors (Lipinski definition) is 1. The topological polar surface area (TPSA) is 58.6 Å². The number of hydrogen-bond acceptors (Lipinski definition) is 4. The van der Waals surface area contributed by atoms with Crippen LogP contribution in [0.15, 0.2) is 0 Å². The number of carbonyl (C=O) groups excluding carboxylic acids is 2. The molecule has 0 spiro atoms. The summed E-state index contributed by atoms with van der Waals surface area (Å²) in [5.41, 5.74) is 0. The second kappa shape index (κ2) is 6.59. The number of methoxy groups -OCH3 is 1. The van der Waals surface area contributed by atoms with E-state index in [0.717, 1.165) is 12.8 Å². The summed E-state index contributed by atoms with van der Waals surface area (Å²) in [6.45, 7) is 2.60.